The number of alkyl halides is 5. The molecule has 0 radical (unpaired) electrons. The van der Waals surface area contributed by atoms with Crippen molar-refractivity contribution < 1.29 is 31.5 Å². The van der Waals surface area contributed by atoms with Crippen molar-refractivity contribution in [2.75, 3.05) is 6.61 Å². The van der Waals surface area contributed by atoms with E-state index in [1.54, 1.807) is 0 Å². The second kappa shape index (κ2) is 5.78. The number of halogens is 5. The molecule has 0 amide bonds. The van der Waals surface area contributed by atoms with Gasteiger partial charge in [-0.25, -0.2) is 4.98 Å². The van der Waals surface area contributed by atoms with E-state index < -0.39 is 36.1 Å². The molecule has 1 rings (SSSR count). The van der Waals surface area contributed by atoms with E-state index in [9.17, 15) is 31.5 Å². The van der Waals surface area contributed by atoms with Gasteiger partial charge in [0.05, 0.1) is 0 Å². The SMILES string of the molecule is CCC(=O)c1cnc(OCC(F)(F)C(F)(F)F)n(C)c1=O. The number of Topliss-reactive ketones (excluding diaryl/α,β-unsaturated/α-hetero) is 1. The second-order valence-electron chi connectivity index (χ2n) is 4.09. The average Bonchev–Trinajstić information content (AvgIpc) is 2.38. The first-order valence-corrected chi connectivity index (χ1v) is 5.68. The Balaban J connectivity index is 3.00. The summed E-state index contributed by atoms with van der Waals surface area (Å²) in [6, 6.07) is -0.739. The van der Waals surface area contributed by atoms with Crippen LogP contribution in [0.15, 0.2) is 11.0 Å². The Hall–Kier alpha value is -2.00. The number of carbonyl (C=O) groups is 1. The Labute approximate surface area is 115 Å². The number of hydrogen-bond acceptors (Lipinski definition) is 4. The third-order valence-corrected chi connectivity index (χ3v) is 2.54. The lowest BCUT2D eigenvalue weighted by molar-refractivity contribution is -0.290. The molecule has 0 aliphatic heterocycles. The zero-order valence-electron chi connectivity index (χ0n) is 11.0. The molecule has 0 bridgehead atoms. The number of ketones is 1. The number of carbonyl (C=O) groups excluding carboxylic acids is 1. The molecule has 0 spiro atoms. The van der Waals surface area contributed by atoms with Crippen molar-refractivity contribution >= 4 is 5.78 Å². The van der Waals surface area contributed by atoms with E-state index in [1.807, 2.05) is 0 Å². The van der Waals surface area contributed by atoms with Gasteiger partial charge in [0.2, 0.25) is 0 Å². The van der Waals surface area contributed by atoms with E-state index >= 15 is 0 Å². The molecule has 0 aliphatic carbocycles. The van der Waals surface area contributed by atoms with Crippen LogP contribution in [0.25, 0.3) is 0 Å². The molecule has 21 heavy (non-hydrogen) atoms. The fraction of sp³-hybridized carbons (Fsp3) is 0.545. The highest BCUT2D eigenvalue weighted by Crippen LogP contribution is 2.35. The number of hydrogen-bond donors (Lipinski definition) is 0. The fourth-order valence-electron chi connectivity index (χ4n) is 1.28. The maximum Gasteiger partial charge on any atom is 0.456 e. The average molecular weight is 314 g/mol. The molecule has 0 N–H and O–H groups in total. The molecule has 0 fully saturated rings. The van der Waals surface area contributed by atoms with Crippen molar-refractivity contribution in [3.8, 4) is 6.01 Å². The van der Waals surface area contributed by atoms with Crippen molar-refractivity contribution in [2.45, 2.75) is 25.4 Å². The van der Waals surface area contributed by atoms with Gasteiger partial charge in [-0.1, -0.05) is 6.92 Å². The predicted molar refractivity (Wildman–Crippen MR) is 60.6 cm³/mol. The number of aromatic nitrogens is 2. The molecule has 1 heterocycles. The number of rotatable bonds is 5. The van der Waals surface area contributed by atoms with Crippen LogP contribution in [-0.2, 0) is 7.05 Å². The van der Waals surface area contributed by atoms with Crippen LogP contribution >= 0.6 is 0 Å². The van der Waals surface area contributed by atoms with Crippen LogP contribution in [0.2, 0.25) is 0 Å². The summed E-state index contributed by atoms with van der Waals surface area (Å²) in [5, 5.41) is 0. The van der Waals surface area contributed by atoms with Gasteiger partial charge in [-0.05, 0) is 0 Å². The molecular weight excluding hydrogens is 303 g/mol. The fourth-order valence-corrected chi connectivity index (χ4v) is 1.28. The third-order valence-electron chi connectivity index (χ3n) is 2.54. The molecule has 0 atom stereocenters. The van der Waals surface area contributed by atoms with Crippen LogP contribution in [0.3, 0.4) is 0 Å². The van der Waals surface area contributed by atoms with Crippen LogP contribution in [0.1, 0.15) is 23.7 Å². The van der Waals surface area contributed by atoms with Gasteiger partial charge in [-0.15, -0.1) is 0 Å². The molecule has 0 saturated heterocycles. The summed E-state index contributed by atoms with van der Waals surface area (Å²) < 4.78 is 66.1. The molecule has 0 aliphatic rings. The van der Waals surface area contributed by atoms with E-state index in [0.717, 1.165) is 13.2 Å². The highest BCUT2D eigenvalue weighted by molar-refractivity contribution is 5.95. The maximum absolute atomic E-state index is 12.7. The van der Waals surface area contributed by atoms with Crippen LogP contribution in [0.5, 0.6) is 6.01 Å². The van der Waals surface area contributed by atoms with E-state index in [2.05, 4.69) is 9.72 Å². The summed E-state index contributed by atoms with van der Waals surface area (Å²) in [7, 11) is 1.04. The van der Waals surface area contributed by atoms with Gasteiger partial charge >= 0.3 is 12.1 Å². The van der Waals surface area contributed by atoms with Crippen LogP contribution in [0.4, 0.5) is 22.0 Å². The summed E-state index contributed by atoms with van der Waals surface area (Å²) in [4.78, 5) is 26.5. The first-order valence-electron chi connectivity index (χ1n) is 5.68. The molecule has 0 aromatic carbocycles. The predicted octanol–water partition coefficient (Wildman–Crippen LogP) is 1.95. The zero-order chi connectivity index (χ0) is 16.4. The Morgan fingerprint density at radius 2 is 1.90 bits per heavy atom. The van der Waals surface area contributed by atoms with Gasteiger partial charge in [0.15, 0.2) is 12.4 Å². The summed E-state index contributed by atoms with van der Waals surface area (Å²) in [6.45, 7) is -0.520. The van der Waals surface area contributed by atoms with Crippen LogP contribution in [0, 0.1) is 0 Å². The zero-order valence-corrected chi connectivity index (χ0v) is 11.0. The van der Waals surface area contributed by atoms with Crippen LogP contribution < -0.4 is 10.3 Å². The first-order chi connectivity index (χ1) is 9.51. The summed E-state index contributed by atoms with van der Waals surface area (Å²) >= 11 is 0. The molecule has 0 saturated carbocycles. The largest absolute Gasteiger partial charge is 0.458 e. The lowest BCUT2D eigenvalue weighted by atomic mass is 10.2. The molecule has 1 aromatic rings. The monoisotopic (exact) mass is 314 g/mol. The number of nitrogens with zero attached hydrogens (tertiary/aromatic N) is 2. The van der Waals surface area contributed by atoms with Crippen molar-refractivity contribution in [3.63, 3.8) is 0 Å². The normalized spacial score (nSPS) is 12.3. The lowest BCUT2D eigenvalue weighted by Gasteiger charge is -2.20. The van der Waals surface area contributed by atoms with Gasteiger partial charge in [-0.2, -0.15) is 22.0 Å². The molecule has 118 valence electrons. The minimum absolute atomic E-state index is 0.0171. The lowest BCUT2D eigenvalue weighted by Crippen LogP contribution is -2.42. The minimum Gasteiger partial charge on any atom is -0.458 e. The van der Waals surface area contributed by atoms with E-state index in [-0.39, 0.29) is 12.0 Å². The quantitative estimate of drug-likeness (QED) is 0.616. The topological polar surface area (TPSA) is 61.2 Å². The number of ether oxygens (including phenoxy) is 1. The van der Waals surface area contributed by atoms with Gasteiger partial charge < -0.3 is 4.74 Å². The Morgan fingerprint density at radius 3 is 2.38 bits per heavy atom. The van der Waals surface area contributed by atoms with Crippen molar-refractivity contribution in [1.82, 2.24) is 9.55 Å². The standard InChI is InChI=1S/C11H11F5N2O3/c1-3-7(19)6-4-17-9(18(2)8(6)20)21-5-10(12,13)11(14,15)16/h4H,3,5H2,1-2H3. The Bertz CT molecular complexity index is 595. The van der Waals surface area contributed by atoms with Gasteiger partial charge in [0.1, 0.15) is 5.56 Å². The minimum atomic E-state index is -5.77. The van der Waals surface area contributed by atoms with Gasteiger partial charge in [-0.3, -0.25) is 14.2 Å². The first kappa shape index (κ1) is 17.1. The smallest absolute Gasteiger partial charge is 0.456 e. The molecule has 5 nitrogen and oxygen atoms in total. The summed E-state index contributed by atoms with van der Waals surface area (Å²) in [5.74, 6) is -5.61. The molecule has 1 aromatic heterocycles. The van der Waals surface area contributed by atoms with Crippen molar-refractivity contribution in [2.24, 2.45) is 7.05 Å². The van der Waals surface area contributed by atoms with Crippen molar-refractivity contribution in [3.05, 3.63) is 22.1 Å². The van der Waals surface area contributed by atoms with E-state index in [1.165, 1.54) is 6.92 Å². The third kappa shape index (κ3) is 3.56. The molecular formula is C11H11F5N2O3. The molecule has 10 heteroatoms. The summed E-state index contributed by atoms with van der Waals surface area (Å²) in [6.07, 6.45) is -4.97. The van der Waals surface area contributed by atoms with Crippen LogP contribution in [-0.4, -0.2) is 34.0 Å². The maximum atomic E-state index is 12.7. The van der Waals surface area contributed by atoms with E-state index in [0.29, 0.717) is 4.57 Å². The van der Waals surface area contributed by atoms with Gasteiger partial charge in [0, 0.05) is 19.7 Å². The Kier molecular flexibility index (Phi) is 4.69. The van der Waals surface area contributed by atoms with Crippen molar-refractivity contribution in [1.29, 1.82) is 0 Å². The summed E-state index contributed by atoms with van der Waals surface area (Å²) in [5.41, 5.74) is -1.18. The Morgan fingerprint density at radius 1 is 1.33 bits per heavy atom. The van der Waals surface area contributed by atoms with Gasteiger partial charge in [0.25, 0.3) is 11.6 Å². The van der Waals surface area contributed by atoms with E-state index in [4.69, 9.17) is 0 Å². The molecule has 0 unspecified atom stereocenters. The highest BCUT2D eigenvalue weighted by Gasteiger charge is 2.58. The second-order valence-corrected chi connectivity index (χ2v) is 4.09. The highest BCUT2D eigenvalue weighted by atomic mass is 19.4.